The summed E-state index contributed by atoms with van der Waals surface area (Å²) in [5, 5.41) is 6.22. The highest BCUT2D eigenvalue weighted by Gasteiger charge is 2.38. The fourth-order valence-electron chi connectivity index (χ4n) is 4.01. The molecule has 4 nitrogen and oxygen atoms in total. The van der Waals surface area contributed by atoms with E-state index in [1.165, 1.54) is 13.0 Å². The lowest BCUT2D eigenvalue weighted by molar-refractivity contribution is 0.0919. The van der Waals surface area contributed by atoms with Crippen molar-refractivity contribution in [3.8, 4) is 11.8 Å². The van der Waals surface area contributed by atoms with Crippen LogP contribution in [0.4, 0.5) is 0 Å². The number of nitrogens with one attached hydrogen (secondary N) is 1. The number of piperidine rings is 1. The summed E-state index contributed by atoms with van der Waals surface area (Å²) in [6.45, 7) is 3.24. The summed E-state index contributed by atoms with van der Waals surface area (Å²) < 4.78 is 1.05. The molecule has 27 heavy (non-hydrogen) atoms. The number of amides is 1. The molecule has 2 unspecified atom stereocenters. The number of thiophene rings is 1. The summed E-state index contributed by atoms with van der Waals surface area (Å²) in [6, 6.07) is 12.1. The third kappa shape index (κ3) is 3.23. The molecule has 5 rings (SSSR count). The molecular formula is C22H19N3OS. The highest BCUT2D eigenvalue weighted by molar-refractivity contribution is 7.17. The average Bonchev–Trinajstić information content (AvgIpc) is 3.42. The number of hydrogen-bond acceptors (Lipinski definition) is 4. The second kappa shape index (κ2) is 6.80. The lowest BCUT2D eigenvalue weighted by Crippen LogP contribution is -2.43. The van der Waals surface area contributed by atoms with Crippen LogP contribution in [-0.2, 0) is 0 Å². The maximum Gasteiger partial charge on any atom is 0.270 e. The van der Waals surface area contributed by atoms with Gasteiger partial charge in [-0.1, -0.05) is 30.0 Å². The number of nitrogens with zero attached hydrogens (tertiary/aromatic N) is 2. The summed E-state index contributed by atoms with van der Waals surface area (Å²) in [5.41, 5.74) is 2.40. The predicted octanol–water partition coefficient (Wildman–Crippen LogP) is 3.13. The van der Waals surface area contributed by atoms with E-state index in [0.717, 1.165) is 34.3 Å². The molecule has 0 radical (unpaired) electrons. The van der Waals surface area contributed by atoms with E-state index in [9.17, 15) is 4.79 Å². The molecule has 2 aliphatic heterocycles. The number of benzene rings is 1. The molecule has 2 bridgehead atoms. The minimum atomic E-state index is -0.0798. The molecule has 2 fully saturated rings. The Morgan fingerprint density at radius 1 is 1.22 bits per heavy atom. The summed E-state index contributed by atoms with van der Waals surface area (Å²) in [7, 11) is 0. The predicted molar refractivity (Wildman–Crippen MR) is 108 cm³/mol. The van der Waals surface area contributed by atoms with Gasteiger partial charge in [-0.3, -0.25) is 4.79 Å². The molecular weight excluding hydrogens is 354 g/mol. The molecule has 0 spiro atoms. The number of carbonyl (C=O) groups excluding carboxylic acids is 1. The van der Waals surface area contributed by atoms with Crippen molar-refractivity contribution in [2.45, 2.75) is 12.5 Å². The molecule has 134 valence electrons. The van der Waals surface area contributed by atoms with Crippen LogP contribution in [-0.4, -0.2) is 41.5 Å². The topological polar surface area (TPSA) is 45.2 Å². The molecule has 2 saturated heterocycles. The molecule has 1 N–H and O–H groups in total. The Morgan fingerprint density at radius 2 is 2.11 bits per heavy atom. The van der Waals surface area contributed by atoms with Gasteiger partial charge in [-0.05, 0) is 37.1 Å². The lowest BCUT2D eigenvalue weighted by atomic mass is 10.00. The monoisotopic (exact) mass is 373 g/mol. The number of aromatic nitrogens is 1. The first-order valence-corrected chi connectivity index (χ1v) is 10.1. The molecule has 4 heterocycles. The van der Waals surface area contributed by atoms with Gasteiger partial charge in [-0.15, -0.1) is 11.3 Å². The van der Waals surface area contributed by atoms with Crippen molar-refractivity contribution >= 4 is 27.3 Å². The van der Waals surface area contributed by atoms with Crippen LogP contribution in [0.15, 0.2) is 48.0 Å². The van der Waals surface area contributed by atoms with E-state index < -0.39 is 0 Å². The van der Waals surface area contributed by atoms with Crippen LogP contribution in [0.2, 0.25) is 0 Å². The maximum absolute atomic E-state index is 12.7. The Balaban J connectivity index is 1.40. The fraction of sp³-hybridized carbons (Fsp3) is 0.273. The zero-order chi connectivity index (χ0) is 18.2. The smallest absolute Gasteiger partial charge is 0.270 e. The van der Waals surface area contributed by atoms with E-state index in [2.05, 4.69) is 27.0 Å². The van der Waals surface area contributed by atoms with Crippen molar-refractivity contribution in [2.75, 3.05) is 19.6 Å². The second-order valence-corrected chi connectivity index (χ2v) is 8.13. The SMILES string of the molecule is O=C(NC1CN2CC[C@H]1C2)c1cc2c(C#Cc3ccccc3)csc2cn1. The standard InChI is InChI=1S/C22H19N3OS/c26-22(24-20-13-25-9-8-16(20)12-25)19-10-18-17(14-27-21(18)11-23-19)7-6-15-4-2-1-3-5-15/h1-5,10-11,14,16,20H,8-9,12-13H2,(H,24,26)/t16-,20?/m0/s1. The van der Waals surface area contributed by atoms with Crippen LogP contribution < -0.4 is 5.32 Å². The van der Waals surface area contributed by atoms with Gasteiger partial charge in [0.2, 0.25) is 0 Å². The summed E-state index contributed by atoms with van der Waals surface area (Å²) in [5.74, 6) is 6.94. The van der Waals surface area contributed by atoms with E-state index in [4.69, 9.17) is 0 Å². The molecule has 0 saturated carbocycles. The number of fused-ring (bicyclic) bond motifs is 3. The second-order valence-electron chi connectivity index (χ2n) is 7.22. The van der Waals surface area contributed by atoms with Gasteiger partial charge >= 0.3 is 0 Å². The molecule has 0 aliphatic carbocycles. The number of carbonyl (C=O) groups is 1. The minimum Gasteiger partial charge on any atom is -0.346 e. The summed E-state index contributed by atoms with van der Waals surface area (Å²) >= 11 is 1.61. The van der Waals surface area contributed by atoms with E-state index in [0.29, 0.717) is 11.6 Å². The average molecular weight is 373 g/mol. The van der Waals surface area contributed by atoms with E-state index >= 15 is 0 Å². The third-order valence-corrected chi connectivity index (χ3v) is 6.39. The van der Waals surface area contributed by atoms with Crippen LogP contribution in [0.5, 0.6) is 0 Å². The quantitative estimate of drug-likeness (QED) is 0.702. The van der Waals surface area contributed by atoms with Crippen LogP contribution in [0.3, 0.4) is 0 Å². The Bertz CT molecular complexity index is 1060. The zero-order valence-corrected chi connectivity index (χ0v) is 15.6. The Morgan fingerprint density at radius 3 is 2.89 bits per heavy atom. The number of hydrogen-bond donors (Lipinski definition) is 1. The van der Waals surface area contributed by atoms with Crippen molar-refractivity contribution < 1.29 is 4.79 Å². The van der Waals surface area contributed by atoms with Crippen molar-refractivity contribution in [3.63, 3.8) is 0 Å². The molecule has 3 aromatic rings. The fourth-order valence-corrected chi connectivity index (χ4v) is 4.85. The van der Waals surface area contributed by atoms with Gasteiger partial charge in [0.25, 0.3) is 5.91 Å². The van der Waals surface area contributed by atoms with Gasteiger partial charge in [-0.2, -0.15) is 0 Å². The summed E-state index contributed by atoms with van der Waals surface area (Å²) in [4.78, 5) is 19.5. The molecule has 5 heteroatoms. The first-order chi connectivity index (χ1) is 13.3. The van der Waals surface area contributed by atoms with E-state index in [1.807, 2.05) is 41.8 Å². The lowest BCUT2D eigenvalue weighted by Gasteiger charge is -2.22. The summed E-state index contributed by atoms with van der Waals surface area (Å²) in [6.07, 6.45) is 2.97. The van der Waals surface area contributed by atoms with Gasteiger partial charge in [0.05, 0.1) is 4.70 Å². The van der Waals surface area contributed by atoms with Crippen LogP contribution in [0, 0.1) is 17.8 Å². The molecule has 1 amide bonds. The van der Waals surface area contributed by atoms with E-state index in [1.54, 1.807) is 17.5 Å². The van der Waals surface area contributed by atoms with Crippen molar-refractivity contribution in [1.29, 1.82) is 0 Å². The van der Waals surface area contributed by atoms with Crippen molar-refractivity contribution in [1.82, 2.24) is 15.2 Å². The van der Waals surface area contributed by atoms with E-state index in [-0.39, 0.29) is 11.9 Å². The first-order valence-electron chi connectivity index (χ1n) is 9.24. The molecule has 3 atom stereocenters. The van der Waals surface area contributed by atoms with Gasteiger partial charge < -0.3 is 10.2 Å². The van der Waals surface area contributed by atoms with Gasteiger partial charge in [-0.25, -0.2) is 4.98 Å². The van der Waals surface area contributed by atoms with Crippen LogP contribution in [0.1, 0.15) is 28.0 Å². The van der Waals surface area contributed by atoms with Gasteiger partial charge in [0.1, 0.15) is 5.69 Å². The number of pyridine rings is 1. The Kier molecular flexibility index (Phi) is 4.16. The highest BCUT2D eigenvalue weighted by atomic mass is 32.1. The largest absolute Gasteiger partial charge is 0.346 e. The third-order valence-electron chi connectivity index (χ3n) is 5.46. The molecule has 2 aromatic heterocycles. The van der Waals surface area contributed by atoms with Gasteiger partial charge in [0, 0.05) is 47.2 Å². The minimum absolute atomic E-state index is 0.0798. The zero-order valence-electron chi connectivity index (χ0n) is 14.8. The molecule has 2 aliphatic rings. The molecule has 1 aromatic carbocycles. The van der Waals surface area contributed by atoms with Gasteiger partial charge in [0.15, 0.2) is 0 Å². The first kappa shape index (κ1) is 16.5. The van der Waals surface area contributed by atoms with Crippen molar-refractivity contribution in [3.05, 3.63) is 64.8 Å². The van der Waals surface area contributed by atoms with Crippen LogP contribution >= 0.6 is 11.3 Å². The highest BCUT2D eigenvalue weighted by Crippen LogP contribution is 2.28. The van der Waals surface area contributed by atoms with Crippen LogP contribution in [0.25, 0.3) is 10.1 Å². The Labute approximate surface area is 162 Å². The number of rotatable bonds is 2. The van der Waals surface area contributed by atoms with Crippen molar-refractivity contribution in [2.24, 2.45) is 5.92 Å². The maximum atomic E-state index is 12.7. The Hall–Kier alpha value is -2.68. The normalized spacial score (nSPS) is 23.2.